The van der Waals surface area contributed by atoms with Crippen LogP contribution in [0.1, 0.15) is 26.7 Å². The van der Waals surface area contributed by atoms with Gasteiger partial charge in [0.2, 0.25) is 0 Å². The molecule has 0 unspecified atom stereocenters. The molecule has 1 saturated heterocycles. The van der Waals surface area contributed by atoms with Gasteiger partial charge in [-0.3, -0.25) is 0 Å². The fraction of sp³-hybridized carbons (Fsp3) is 0.467. The minimum Gasteiger partial charge on any atom is -0.491 e. The Morgan fingerprint density at radius 1 is 1.33 bits per heavy atom. The fourth-order valence-electron chi connectivity index (χ4n) is 2.35. The van der Waals surface area contributed by atoms with Crippen LogP contribution < -0.4 is 10.1 Å². The number of likely N-dealkylation sites (tertiary alicyclic amines) is 1. The molecule has 0 aromatic heterocycles. The van der Waals surface area contributed by atoms with Crippen LogP contribution in [0.2, 0.25) is 0 Å². The van der Waals surface area contributed by atoms with E-state index < -0.39 is 12.0 Å². The molecule has 1 heterocycles. The number of ether oxygens (including phenoxy) is 1. The molecule has 1 fully saturated rings. The lowest BCUT2D eigenvalue weighted by Crippen LogP contribution is -2.42. The van der Waals surface area contributed by atoms with Crippen molar-refractivity contribution in [2.75, 3.05) is 11.9 Å². The Labute approximate surface area is 123 Å². The van der Waals surface area contributed by atoms with Crippen LogP contribution >= 0.6 is 0 Å². The van der Waals surface area contributed by atoms with Crippen LogP contribution in [0.25, 0.3) is 0 Å². The van der Waals surface area contributed by atoms with Crippen molar-refractivity contribution in [1.29, 1.82) is 0 Å². The van der Waals surface area contributed by atoms with Crippen LogP contribution in [0.4, 0.5) is 10.5 Å². The quantitative estimate of drug-likeness (QED) is 0.894. The predicted molar refractivity (Wildman–Crippen MR) is 78.6 cm³/mol. The topological polar surface area (TPSA) is 78.9 Å². The highest BCUT2D eigenvalue weighted by Gasteiger charge is 2.33. The van der Waals surface area contributed by atoms with Gasteiger partial charge in [-0.05, 0) is 51.0 Å². The number of nitrogens with one attached hydrogen (secondary N) is 1. The number of carbonyl (C=O) groups excluding carboxylic acids is 1. The minimum atomic E-state index is -0.955. The molecule has 6 nitrogen and oxygen atoms in total. The molecule has 0 radical (unpaired) electrons. The normalized spacial score (nSPS) is 17.9. The largest absolute Gasteiger partial charge is 0.491 e. The number of amides is 2. The van der Waals surface area contributed by atoms with Crippen molar-refractivity contribution in [3.8, 4) is 5.75 Å². The highest BCUT2D eigenvalue weighted by atomic mass is 16.5. The number of nitrogens with zero attached hydrogens (tertiary/aromatic N) is 1. The van der Waals surface area contributed by atoms with E-state index in [0.29, 0.717) is 25.1 Å². The molecule has 114 valence electrons. The van der Waals surface area contributed by atoms with E-state index >= 15 is 0 Å². The van der Waals surface area contributed by atoms with Crippen LogP contribution in [0.15, 0.2) is 24.3 Å². The number of carboxylic acid groups (broad SMARTS) is 1. The van der Waals surface area contributed by atoms with Crippen LogP contribution in [0.5, 0.6) is 5.75 Å². The zero-order valence-electron chi connectivity index (χ0n) is 12.2. The van der Waals surface area contributed by atoms with Crippen molar-refractivity contribution in [1.82, 2.24) is 4.90 Å². The first-order valence-electron chi connectivity index (χ1n) is 7.04. The summed E-state index contributed by atoms with van der Waals surface area (Å²) in [7, 11) is 0. The first kappa shape index (κ1) is 15.2. The Bertz CT molecular complexity index is 513. The molecule has 21 heavy (non-hydrogen) atoms. The number of urea groups is 1. The summed E-state index contributed by atoms with van der Waals surface area (Å²) in [5, 5.41) is 11.8. The lowest BCUT2D eigenvalue weighted by molar-refractivity contribution is -0.141. The Kier molecular flexibility index (Phi) is 4.67. The number of carbonyl (C=O) groups is 2. The van der Waals surface area contributed by atoms with E-state index in [1.54, 1.807) is 24.3 Å². The third kappa shape index (κ3) is 3.87. The first-order valence-corrected chi connectivity index (χ1v) is 7.04. The summed E-state index contributed by atoms with van der Waals surface area (Å²) in [6.07, 6.45) is 1.31. The van der Waals surface area contributed by atoms with Gasteiger partial charge in [-0.15, -0.1) is 0 Å². The minimum absolute atomic E-state index is 0.0892. The Balaban J connectivity index is 1.97. The number of benzene rings is 1. The summed E-state index contributed by atoms with van der Waals surface area (Å²) in [5.74, 6) is -0.226. The Hall–Kier alpha value is -2.24. The number of carboxylic acids is 1. The average Bonchev–Trinajstić information content (AvgIpc) is 2.90. The summed E-state index contributed by atoms with van der Waals surface area (Å²) in [4.78, 5) is 24.6. The average molecular weight is 292 g/mol. The summed E-state index contributed by atoms with van der Waals surface area (Å²) >= 11 is 0. The third-order valence-corrected chi connectivity index (χ3v) is 3.28. The van der Waals surface area contributed by atoms with Crippen molar-refractivity contribution >= 4 is 17.7 Å². The molecule has 1 aliphatic heterocycles. The SMILES string of the molecule is CC(C)Oc1ccc(NC(=O)N2CCC[C@@H]2C(=O)O)cc1. The summed E-state index contributed by atoms with van der Waals surface area (Å²) in [5.41, 5.74) is 0.618. The van der Waals surface area contributed by atoms with Gasteiger partial charge in [0.05, 0.1) is 6.10 Å². The van der Waals surface area contributed by atoms with Crippen molar-refractivity contribution in [3.05, 3.63) is 24.3 Å². The van der Waals surface area contributed by atoms with E-state index in [2.05, 4.69) is 5.32 Å². The molecule has 1 atom stereocenters. The molecular formula is C15H20N2O4. The van der Waals surface area contributed by atoms with Crippen molar-refractivity contribution in [2.24, 2.45) is 0 Å². The molecule has 0 saturated carbocycles. The van der Waals surface area contributed by atoms with Gasteiger partial charge in [0.15, 0.2) is 0 Å². The zero-order valence-corrected chi connectivity index (χ0v) is 12.2. The highest BCUT2D eigenvalue weighted by molar-refractivity contribution is 5.92. The molecule has 1 aromatic rings. The van der Waals surface area contributed by atoms with E-state index in [0.717, 1.165) is 5.75 Å². The van der Waals surface area contributed by atoms with Gasteiger partial charge in [0.25, 0.3) is 0 Å². The molecule has 0 bridgehead atoms. The lowest BCUT2D eigenvalue weighted by atomic mass is 10.2. The van der Waals surface area contributed by atoms with Crippen LogP contribution in [0.3, 0.4) is 0 Å². The number of hydrogen-bond donors (Lipinski definition) is 2. The Morgan fingerprint density at radius 3 is 2.57 bits per heavy atom. The number of anilines is 1. The van der Waals surface area contributed by atoms with Crippen molar-refractivity contribution in [2.45, 2.75) is 38.8 Å². The van der Waals surface area contributed by atoms with Gasteiger partial charge in [0.1, 0.15) is 11.8 Å². The maximum atomic E-state index is 12.1. The van der Waals surface area contributed by atoms with Gasteiger partial charge >= 0.3 is 12.0 Å². The Morgan fingerprint density at radius 2 is 2.00 bits per heavy atom. The third-order valence-electron chi connectivity index (χ3n) is 3.28. The molecule has 2 amide bonds. The molecule has 2 N–H and O–H groups in total. The number of hydrogen-bond acceptors (Lipinski definition) is 3. The van der Waals surface area contributed by atoms with Gasteiger partial charge in [-0.1, -0.05) is 0 Å². The zero-order chi connectivity index (χ0) is 15.4. The summed E-state index contributed by atoms with van der Waals surface area (Å²) < 4.78 is 5.52. The smallest absolute Gasteiger partial charge is 0.326 e. The van der Waals surface area contributed by atoms with E-state index in [-0.39, 0.29) is 12.1 Å². The van der Waals surface area contributed by atoms with Gasteiger partial charge in [-0.2, -0.15) is 0 Å². The van der Waals surface area contributed by atoms with E-state index in [1.165, 1.54) is 4.90 Å². The van der Waals surface area contributed by atoms with Crippen molar-refractivity contribution < 1.29 is 19.4 Å². The van der Waals surface area contributed by atoms with Crippen LogP contribution in [-0.2, 0) is 4.79 Å². The van der Waals surface area contributed by atoms with Gasteiger partial charge in [-0.25, -0.2) is 9.59 Å². The molecule has 1 aromatic carbocycles. The van der Waals surface area contributed by atoms with E-state index in [9.17, 15) is 9.59 Å². The second kappa shape index (κ2) is 6.47. The summed E-state index contributed by atoms with van der Waals surface area (Å²) in [6.45, 7) is 4.35. The molecule has 6 heteroatoms. The standard InChI is InChI=1S/C15H20N2O4/c1-10(2)21-12-7-5-11(6-8-12)16-15(20)17-9-3-4-13(17)14(18)19/h5-8,10,13H,3-4,9H2,1-2H3,(H,16,20)(H,18,19)/t13-/m1/s1. The molecule has 1 aliphatic rings. The molecule has 0 spiro atoms. The maximum Gasteiger partial charge on any atom is 0.326 e. The number of rotatable bonds is 4. The fourth-order valence-corrected chi connectivity index (χ4v) is 2.35. The van der Waals surface area contributed by atoms with Gasteiger partial charge < -0.3 is 20.1 Å². The second-order valence-corrected chi connectivity index (χ2v) is 5.31. The van der Waals surface area contributed by atoms with Crippen LogP contribution in [0, 0.1) is 0 Å². The predicted octanol–water partition coefficient (Wildman–Crippen LogP) is 2.55. The van der Waals surface area contributed by atoms with E-state index in [4.69, 9.17) is 9.84 Å². The monoisotopic (exact) mass is 292 g/mol. The number of aliphatic carboxylic acids is 1. The second-order valence-electron chi connectivity index (χ2n) is 5.31. The molecule has 0 aliphatic carbocycles. The van der Waals surface area contributed by atoms with Crippen molar-refractivity contribution in [3.63, 3.8) is 0 Å². The maximum absolute atomic E-state index is 12.1. The summed E-state index contributed by atoms with van der Waals surface area (Å²) in [6, 6.07) is 5.91. The first-order chi connectivity index (χ1) is 9.97. The lowest BCUT2D eigenvalue weighted by Gasteiger charge is -2.21. The van der Waals surface area contributed by atoms with Crippen LogP contribution in [-0.4, -0.2) is 40.7 Å². The highest BCUT2D eigenvalue weighted by Crippen LogP contribution is 2.21. The molecular weight excluding hydrogens is 272 g/mol. The van der Waals surface area contributed by atoms with E-state index in [1.807, 2.05) is 13.8 Å². The van der Waals surface area contributed by atoms with Gasteiger partial charge in [0, 0.05) is 12.2 Å². The molecule has 2 rings (SSSR count).